The van der Waals surface area contributed by atoms with Crippen LogP contribution in [-0.4, -0.2) is 39.6 Å². The van der Waals surface area contributed by atoms with Gasteiger partial charge in [-0.15, -0.1) is 11.6 Å². The van der Waals surface area contributed by atoms with Gasteiger partial charge in [-0.05, 0) is 37.5 Å². The topological polar surface area (TPSA) is 38.1 Å². The summed E-state index contributed by atoms with van der Waals surface area (Å²) in [6.45, 7) is 7.21. The van der Waals surface area contributed by atoms with Gasteiger partial charge in [-0.1, -0.05) is 0 Å². The van der Waals surface area contributed by atoms with Crippen LogP contribution in [0.4, 0.5) is 0 Å². The standard InChI is InChI=1S/C14H20ClN3O/c1-10(2)18-14(4-6-16-18)13-9-17(11(3)19)7-5-12(13)8-15/h4,6,10H,5,7-9H2,1-3H3. The molecule has 0 fully saturated rings. The Balaban J connectivity index is 2.40. The van der Waals surface area contributed by atoms with Crippen LogP contribution in [0.3, 0.4) is 0 Å². The highest BCUT2D eigenvalue weighted by atomic mass is 35.5. The van der Waals surface area contributed by atoms with Crippen LogP contribution < -0.4 is 0 Å². The Labute approximate surface area is 119 Å². The maximum absolute atomic E-state index is 11.6. The Kier molecular flexibility index (Phi) is 4.30. The van der Waals surface area contributed by atoms with Gasteiger partial charge in [0, 0.05) is 38.1 Å². The van der Waals surface area contributed by atoms with Crippen LogP contribution in [0.5, 0.6) is 0 Å². The van der Waals surface area contributed by atoms with Crippen LogP contribution in [0.1, 0.15) is 38.9 Å². The van der Waals surface area contributed by atoms with Gasteiger partial charge < -0.3 is 4.90 Å². The Hall–Kier alpha value is -1.29. The molecule has 0 bridgehead atoms. The first-order valence-corrected chi connectivity index (χ1v) is 7.14. The smallest absolute Gasteiger partial charge is 0.219 e. The number of amides is 1. The summed E-state index contributed by atoms with van der Waals surface area (Å²) in [5.41, 5.74) is 3.46. The minimum atomic E-state index is 0.113. The van der Waals surface area contributed by atoms with E-state index in [1.807, 2.05) is 15.6 Å². The lowest BCUT2D eigenvalue weighted by molar-refractivity contribution is -0.128. The van der Waals surface area contributed by atoms with Crippen molar-refractivity contribution < 1.29 is 4.79 Å². The van der Waals surface area contributed by atoms with Gasteiger partial charge in [0.05, 0.1) is 5.69 Å². The van der Waals surface area contributed by atoms with Gasteiger partial charge in [-0.3, -0.25) is 9.48 Å². The van der Waals surface area contributed by atoms with Crippen LogP contribution in [0, 0.1) is 0 Å². The number of halogens is 1. The van der Waals surface area contributed by atoms with Crippen molar-refractivity contribution in [1.82, 2.24) is 14.7 Å². The van der Waals surface area contributed by atoms with Gasteiger partial charge in [-0.2, -0.15) is 5.10 Å². The molecule has 1 aromatic rings. The van der Waals surface area contributed by atoms with Crippen molar-refractivity contribution in [2.45, 2.75) is 33.2 Å². The van der Waals surface area contributed by atoms with Gasteiger partial charge >= 0.3 is 0 Å². The van der Waals surface area contributed by atoms with E-state index < -0.39 is 0 Å². The zero-order valence-corrected chi connectivity index (χ0v) is 12.4. The third kappa shape index (κ3) is 2.84. The van der Waals surface area contributed by atoms with E-state index in [9.17, 15) is 4.79 Å². The van der Waals surface area contributed by atoms with Gasteiger partial charge in [0.25, 0.3) is 0 Å². The maximum atomic E-state index is 11.6. The molecule has 0 saturated heterocycles. The zero-order valence-electron chi connectivity index (χ0n) is 11.7. The number of aromatic nitrogens is 2. The fraction of sp³-hybridized carbons (Fsp3) is 0.571. The second-order valence-corrected chi connectivity index (χ2v) is 5.43. The minimum Gasteiger partial charge on any atom is -0.338 e. The molecule has 1 amide bonds. The molecule has 4 nitrogen and oxygen atoms in total. The molecule has 0 atom stereocenters. The van der Waals surface area contributed by atoms with Gasteiger partial charge in [-0.25, -0.2) is 0 Å². The van der Waals surface area contributed by atoms with Crippen LogP contribution in [0.2, 0.25) is 0 Å². The molecule has 0 N–H and O–H groups in total. The van der Waals surface area contributed by atoms with Crippen LogP contribution in [0.25, 0.3) is 5.57 Å². The van der Waals surface area contributed by atoms with Crippen molar-refractivity contribution in [2.75, 3.05) is 19.0 Å². The summed E-state index contributed by atoms with van der Waals surface area (Å²) in [6, 6.07) is 2.30. The van der Waals surface area contributed by atoms with E-state index in [1.165, 1.54) is 5.57 Å². The third-order valence-electron chi connectivity index (χ3n) is 3.53. The van der Waals surface area contributed by atoms with Crippen molar-refractivity contribution in [3.8, 4) is 0 Å². The van der Waals surface area contributed by atoms with E-state index in [0.29, 0.717) is 18.5 Å². The summed E-state index contributed by atoms with van der Waals surface area (Å²) in [5, 5.41) is 4.37. The molecule has 5 heteroatoms. The highest BCUT2D eigenvalue weighted by molar-refractivity contribution is 6.20. The summed E-state index contributed by atoms with van der Waals surface area (Å²) in [7, 11) is 0. The fourth-order valence-electron chi connectivity index (χ4n) is 2.45. The monoisotopic (exact) mass is 281 g/mol. The second-order valence-electron chi connectivity index (χ2n) is 5.16. The molecule has 1 aliphatic heterocycles. The fourth-order valence-corrected chi connectivity index (χ4v) is 2.74. The Bertz CT molecular complexity index is 505. The van der Waals surface area contributed by atoms with Crippen LogP contribution in [-0.2, 0) is 4.79 Å². The number of carbonyl (C=O) groups excluding carboxylic acids is 1. The molecule has 1 aromatic heterocycles. The molecule has 2 rings (SSSR count). The summed E-state index contributed by atoms with van der Waals surface area (Å²) in [6.07, 6.45) is 2.66. The third-order valence-corrected chi connectivity index (χ3v) is 3.86. The number of nitrogens with zero attached hydrogens (tertiary/aromatic N) is 3. The first kappa shape index (κ1) is 14.1. The SMILES string of the molecule is CC(=O)N1CCC(CCl)=C(c2ccnn2C(C)C)C1. The average Bonchev–Trinajstić information content (AvgIpc) is 2.87. The molecule has 0 radical (unpaired) electrons. The first-order chi connectivity index (χ1) is 9.04. The summed E-state index contributed by atoms with van der Waals surface area (Å²) in [5.74, 6) is 0.631. The summed E-state index contributed by atoms with van der Waals surface area (Å²) >= 11 is 6.06. The minimum absolute atomic E-state index is 0.113. The predicted octanol–water partition coefficient (Wildman–Crippen LogP) is 2.71. The first-order valence-electron chi connectivity index (χ1n) is 6.60. The molecule has 104 valence electrons. The number of hydrogen-bond acceptors (Lipinski definition) is 2. The molecule has 0 spiro atoms. The number of carbonyl (C=O) groups is 1. The van der Waals surface area contributed by atoms with E-state index in [2.05, 4.69) is 18.9 Å². The Morgan fingerprint density at radius 1 is 1.53 bits per heavy atom. The van der Waals surface area contributed by atoms with Crippen molar-refractivity contribution in [2.24, 2.45) is 0 Å². The zero-order chi connectivity index (χ0) is 14.0. The lowest BCUT2D eigenvalue weighted by Gasteiger charge is -2.30. The van der Waals surface area contributed by atoms with Crippen molar-refractivity contribution in [1.29, 1.82) is 0 Å². The van der Waals surface area contributed by atoms with E-state index in [4.69, 9.17) is 11.6 Å². The molecular weight excluding hydrogens is 262 g/mol. The van der Waals surface area contributed by atoms with E-state index in [1.54, 1.807) is 13.1 Å². The van der Waals surface area contributed by atoms with Crippen molar-refractivity contribution in [3.05, 3.63) is 23.5 Å². The second kappa shape index (κ2) is 5.78. The molecule has 0 unspecified atom stereocenters. The van der Waals surface area contributed by atoms with E-state index in [0.717, 1.165) is 24.2 Å². The average molecular weight is 282 g/mol. The molecule has 2 heterocycles. The van der Waals surface area contributed by atoms with Crippen LogP contribution in [0.15, 0.2) is 17.8 Å². The lowest BCUT2D eigenvalue weighted by atomic mass is 9.98. The molecule has 0 aromatic carbocycles. The van der Waals surface area contributed by atoms with Crippen LogP contribution >= 0.6 is 11.6 Å². The number of rotatable bonds is 3. The number of alkyl halides is 1. The van der Waals surface area contributed by atoms with Gasteiger partial charge in [0.2, 0.25) is 5.91 Å². The predicted molar refractivity (Wildman–Crippen MR) is 77.1 cm³/mol. The normalized spacial score (nSPS) is 16.4. The Morgan fingerprint density at radius 3 is 2.84 bits per heavy atom. The quantitative estimate of drug-likeness (QED) is 0.799. The lowest BCUT2D eigenvalue weighted by Crippen LogP contribution is -2.35. The maximum Gasteiger partial charge on any atom is 0.219 e. The van der Waals surface area contributed by atoms with E-state index in [-0.39, 0.29) is 5.91 Å². The van der Waals surface area contributed by atoms with Gasteiger partial charge in [0.1, 0.15) is 0 Å². The summed E-state index contributed by atoms with van der Waals surface area (Å²) in [4.78, 5) is 13.4. The van der Waals surface area contributed by atoms with Crippen molar-refractivity contribution in [3.63, 3.8) is 0 Å². The van der Waals surface area contributed by atoms with Gasteiger partial charge in [0.15, 0.2) is 0 Å². The number of hydrogen-bond donors (Lipinski definition) is 0. The molecule has 1 aliphatic rings. The molecule has 19 heavy (non-hydrogen) atoms. The Morgan fingerprint density at radius 2 is 2.26 bits per heavy atom. The molecular formula is C14H20ClN3O. The highest BCUT2D eigenvalue weighted by Crippen LogP contribution is 2.28. The van der Waals surface area contributed by atoms with Crippen molar-refractivity contribution >= 4 is 23.1 Å². The summed E-state index contributed by atoms with van der Waals surface area (Å²) < 4.78 is 1.99. The molecule has 0 saturated carbocycles. The largest absolute Gasteiger partial charge is 0.338 e. The van der Waals surface area contributed by atoms with E-state index >= 15 is 0 Å². The molecule has 0 aliphatic carbocycles. The highest BCUT2D eigenvalue weighted by Gasteiger charge is 2.23.